The van der Waals surface area contributed by atoms with Gasteiger partial charge in [-0.1, -0.05) is 18.2 Å². The molecule has 0 spiro atoms. The molecule has 148 valence electrons. The van der Waals surface area contributed by atoms with Gasteiger partial charge < -0.3 is 15.4 Å². The van der Waals surface area contributed by atoms with E-state index in [1.807, 2.05) is 13.0 Å². The fourth-order valence-corrected chi connectivity index (χ4v) is 4.29. The Kier molecular flexibility index (Phi) is 7.73. The Morgan fingerprint density at radius 2 is 2.07 bits per heavy atom. The summed E-state index contributed by atoms with van der Waals surface area (Å²) in [7, 11) is 1.62. The maximum atomic E-state index is 13.9. The zero-order valence-corrected chi connectivity index (χ0v) is 17.1. The van der Waals surface area contributed by atoms with Gasteiger partial charge in [0, 0.05) is 18.4 Å². The molecule has 1 fully saturated rings. The van der Waals surface area contributed by atoms with Crippen LogP contribution in [-0.4, -0.2) is 37.7 Å². The highest BCUT2D eigenvalue weighted by Gasteiger charge is 2.40. The van der Waals surface area contributed by atoms with Crippen molar-refractivity contribution in [2.45, 2.75) is 26.2 Å². The lowest BCUT2D eigenvalue weighted by Crippen LogP contribution is -2.47. The first-order chi connectivity index (χ1) is 12.5. The number of nitrogens with zero attached hydrogens (tertiary/aromatic N) is 1. The molecule has 0 aliphatic carbocycles. The summed E-state index contributed by atoms with van der Waals surface area (Å²) in [5, 5.41) is 6.81. The van der Waals surface area contributed by atoms with Crippen molar-refractivity contribution in [3.05, 3.63) is 46.2 Å². The number of aromatic nitrogens is 1. The summed E-state index contributed by atoms with van der Waals surface area (Å²) in [6.07, 6.45) is 1.94. The van der Waals surface area contributed by atoms with Crippen molar-refractivity contribution in [2.75, 3.05) is 32.1 Å². The highest BCUT2D eigenvalue weighted by atomic mass is 35.5. The molecule has 1 aromatic heterocycles. The maximum Gasteiger partial charge on any atom is 0.234 e. The number of aryl methyl sites for hydroxylation is 1. The summed E-state index contributed by atoms with van der Waals surface area (Å²) in [5.74, 6) is -0.272. The molecule has 8 heteroatoms. The van der Waals surface area contributed by atoms with Crippen molar-refractivity contribution >= 4 is 34.8 Å². The molecule has 1 aliphatic rings. The molecular weight excluding hydrogens is 389 g/mol. The van der Waals surface area contributed by atoms with Gasteiger partial charge in [0.2, 0.25) is 5.91 Å². The van der Waals surface area contributed by atoms with Gasteiger partial charge in [-0.3, -0.25) is 4.79 Å². The normalized spacial score (nSPS) is 15.8. The van der Waals surface area contributed by atoms with Crippen LogP contribution in [0.2, 0.25) is 0 Å². The van der Waals surface area contributed by atoms with Crippen molar-refractivity contribution in [1.82, 2.24) is 10.3 Å². The molecule has 2 N–H and O–H groups in total. The van der Waals surface area contributed by atoms with Crippen LogP contribution in [0.5, 0.6) is 0 Å². The predicted molar refractivity (Wildman–Crippen MR) is 108 cm³/mol. The zero-order valence-electron chi connectivity index (χ0n) is 15.5. The second-order valence-electron chi connectivity index (χ2n) is 6.71. The Balaban J connectivity index is 0.00000261. The molecular formula is C19H25ClFN3O2S. The Morgan fingerprint density at radius 3 is 2.74 bits per heavy atom. The molecule has 0 radical (unpaired) electrons. The molecule has 0 unspecified atom stereocenters. The number of hydrogen-bond acceptors (Lipinski definition) is 5. The molecule has 2 aromatic rings. The SMILES string of the molecule is COCC1(C(=O)Nc2nc(C)c(Cc3ccccc3F)s2)CCNCC1.Cl. The summed E-state index contributed by atoms with van der Waals surface area (Å²) in [4.78, 5) is 18.3. The van der Waals surface area contributed by atoms with Crippen LogP contribution in [0.3, 0.4) is 0 Å². The summed E-state index contributed by atoms with van der Waals surface area (Å²) in [6, 6.07) is 6.73. The highest BCUT2D eigenvalue weighted by molar-refractivity contribution is 7.15. The average Bonchev–Trinajstić information content (AvgIpc) is 2.97. The number of piperidine rings is 1. The second-order valence-corrected chi connectivity index (χ2v) is 7.80. The van der Waals surface area contributed by atoms with E-state index in [0.29, 0.717) is 23.7 Å². The number of carbonyl (C=O) groups is 1. The number of rotatable bonds is 6. The van der Waals surface area contributed by atoms with E-state index in [0.717, 1.165) is 36.5 Å². The Labute approximate surface area is 169 Å². The van der Waals surface area contributed by atoms with E-state index in [-0.39, 0.29) is 24.1 Å². The minimum Gasteiger partial charge on any atom is -0.384 e. The van der Waals surface area contributed by atoms with Crippen molar-refractivity contribution in [2.24, 2.45) is 5.41 Å². The van der Waals surface area contributed by atoms with E-state index in [1.54, 1.807) is 19.2 Å². The lowest BCUT2D eigenvalue weighted by atomic mass is 9.79. The summed E-state index contributed by atoms with van der Waals surface area (Å²) >= 11 is 1.41. The first-order valence-corrected chi connectivity index (χ1v) is 9.56. The monoisotopic (exact) mass is 413 g/mol. The molecule has 2 heterocycles. The fourth-order valence-electron chi connectivity index (χ4n) is 3.31. The number of methoxy groups -OCH3 is 1. The van der Waals surface area contributed by atoms with Gasteiger partial charge in [-0.25, -0.2) is 9.37 Å². The number of carbonyl (C=O) groups excluding carboxylic acids is 1. The predicted octanol–water partition coefficient (Wildman–Crippen LogP) is 3.56. The van der Waals surface area contributed by atoms with Crippen LogP contribution < -0.4 is 10.6 Å². The first-order valence-electron chi connectivity index (χ1n) is 8.75. The lowest BCUT2D eigenvalue weighted by Gasteiger charge is -2.35. The Bertz CT molecular complexity index is 773. The largest absolute Gasteiger partial charge is 0.384 e. The summed E-state index contributed by atoms with van der Waals surface area (Å²) in [5.41, 5.74) is 0.927. The van der Waals surface area contributed by atoms with E-state index >= 15 is 0 Å². The average molecular weight is 414 g/mol. The van der Waals surface area contributed by atoms with Crippen LogP contribution >= 0.6 is 23.7 Å². The van der Waals surface area contributed by atoms with Gasteiger partial charge >= 0.3 is 0 Å². The van der Waals surface area contributed by atoms with Crippen LogP contribution in [0.15, 0.2) is 24.3 Å². The highest BCUT2D eigenvalue weighted by Crippen LogP contribution is 2.32. The molecule has 0 atom stereocenters. The number of ether oxygens (including phenoxy) is 1. The number of hydrogen-bond donors (Lipinski definition) is 2. The van der Waals surface area contributed by atoms with Crippen LogP contribution in [0.4, 0.5) is 9.52 Å². The van der Waals surface area contributed by atoms with E-state index < -0.39 is 5.41 Å². The van der Waals surface area contributed by atoms with Gasteiger partial charge in [0.1, 0.15) is 5.82 Å². The third kappa shape index (κ3) is 5.04. The number of benzene rings is 1. The third-order valence-corrected chi connectivity index (χ3v) is 5.96. The Morgan fingerprint density at radius 1 is 1.37 bits per heavy atom. The molecule has 3 rings (SSSR count). The molecule has 5 nitrogen and oxygen atoms in total. The Hall–Kier alpha value is -1.54. The number of nitrogens with one attached hydrogen (secondary N) is 2. The smallest absolute Gasteiger partial charge is 0.234 e. The van der Waals surface area contributed by atoms with Crippen molar-refractivity contribution in [3.8, 4) is 0 Å². The van der Waals surface area contributed by atoms with Gasteiger partial charge in [-0.2, -0.15) is 0 Å². The van der Waals surface area contributed by atoms with Gasteiger partial charge in [-0.15, -0.1) is 23.7 Å². The molecule has 1 aromatic carbocycles. The van der Waals surface area contributed by atoms with Gasteiger partial charge in [0.15, 0.2) is 5.13 Å². The minimum atomic E-state index is -0.523. The van der Waals surface area contributed by atoms with Gasteiger partial charge in [-0.05, 0) is 44.5 Å². The number of anilines is 1. The van der Waals surface area contributed by atoms with Crippen molar-refractivity contribution in [1.29, 1.82) is 0 Å². The quantitative estimate of drug-likeness (QED) is 0.760. The maximum absolute atomic E-state index is 13.9. The fraction of sp³-hybridized carbons (Fsp3) is 0.474. The second kappa shape index (κ2) is 9.59. The van der Waals surface area contributed by atoms with Crippen molar-refractivity contribution < 1.29 is 13.9 Å². The molecule has 0 bridgehead atoms. The summed E-state index contributed by atoms with van der Waals surface area (Å²) in [6.45, 7) is 3.88. The minimum absolute atomic E-state index is 0. The van der Waals surface area contributed by atoms with Crippen LogP contribution in [0.1, 0.15) is 29.0 Å². The van der Waals surface area contributed by atoms with Crippen LogP contribution in [0.25, 0.3) is 0 Å². The number of thiazole rings is 1. The molecule has 1 amide bonds. The van der Waals surface area contributed by atoms with Crippen LogP contribution in [0, 0.1) is 18.2 Å². The van der Waals surface area contributed by atoms with Gasteiger partial charge in [0.25, 0.3) is 0 Å². The lowest BCUT2D eigenvalue weighted by molar-refractivity contribution is -0.130. The third-order valence-electron chi connectivity index (χ3n) is 4.88. The van der Waals surface area contributed by atoms with E-state index in [9.17, 15) is 9.18 Å². The molecule has 1 aliphatic heterocycles. The number of halogens is 2. The molecule has 1 saturated heterocycles. The standard InChI is InChI=1S/C19H24FN3O2S.ClH/c1-13-16(11-14-5-3-4-6-15(14)20)26-18(22-13)23-17(24)19(12-25-2)7-9-21-10-8-19;/h3-6,21H,7-12H2,1-2H3,(H,22,23,24);1H. The molecule has 0 saturated carbocycles. The first kappa shape index (κ1) is 21.8. The van der Waals surface area contributed by atoms with Crippen molar-refractivity contribution in [3.63, 3.8) is 0 Å². The zero-order chi connectivity index (χ0) is 18.6. The van der Waals surface area contributed by atoms with E-state index in [2.05, 4.69) is 15.6 Å². The molecule has 27 heavy (non-hydrogen) atoms. The van der Waals surface area contributed by atoms with Gasteiger partial charge in [0.05, 0.1) is 17.7 Å². The van der Waals surface area contributed by atoms with Crippen LogP contribution in [-0.2, 0) is 16.0 Å². The topological polar surface area (TPSA) is 63.2 Å². The van der Waals surface area contributed by atoms with E-state index in [4.69, 9.17) is 4.74 Å². The van der Waals surface area contributed by atoms with E-state index in [1.165, 1.54) is 17.4 Å². The number of amides is 1. The summed E-state index contributed by atoms with van der Waals surface area (Å²) < 4.78 is 19.2.